The molecule has 0 fully saturated rings. The summed E-state index contributed by atoms with van der Waals surface area (Å²) in [5.41, 5.74) is 6.05. The highest BCUT2D eigenvalue weighted by Gasteiger charge is 2.09. The normalized spacial score (nSPS) is 10.3. The lowest BCUT2D eigenvalue weighted by atomic mass is 10.1. The first kappa shape index (κ1) is 14.3. The van der Waals surface area contributed by atoms with Crippen LogP contribution in [0.25, 0.3) is 0 Å². The molecule has 2 rings (SSSR count). The molecule has 0 aliphatic carbocycles. The fourth-order valence-corrected chi connectivity index (χ4v) is 1.92. The van der Waals surface area contributed by atoms with Crippen LogP contribution in [-0.4, -0.2) is 5.91 Å². The predicted molar refractivity (Wildman–Crippen MR) is 73.7 cm³/mol. The van der Waals surface area contributed by atoms with Crippen molar-refractivity contribution < 1.29 is 13.6 Å². The molecule has 0 heterocycles. The average Bonchev–Trinajstić information content (AvgIpc) is 2.41. The molecule has 20 heavy (non-hydrogen) atoms. The molecule has 0 radical (unpaired) electrons. The average molecular weight is 297 g/mol. The summed E-state index contributed by atoms with van der Waals surface area (Å²) in [6.45, 7) is 0.0728. The molecule has 0 spiro atoms. The minimum absolute atomic E-state index is 0.0728. The lowest BCUT2D eigenvalue weighted by Crippen LogP contribution is -2.12. The maximum atomic E-state index is 13.5. The number of anilines is 1. The van der Waals surface area contributed by atoms with Gasteiger partial charge in [-0.1, -0.05) is 23.7 Å². The molecule has 0 aliphatic heterocycles. The van der Waals surface area contributed by atoms with E-state index in [0.29, 0.717) is 5.69 Å². The van der Waals surface area contributed by atoms with Gasteiger partial charge in [0, 0.05) is 17.8 Å². The van der Waals surface area contributed by atoms with Gasteiger partial charge in [0.15, 0.2) is 11.6 Å². The van der Waals surface area contributed by atoms with Crippen LogP contribution in [0.1, 0.15) is 15.9 Å². The van der Waals surface area contributed by atoms with E-state index in [1.54, 1.807) is 6.07 Å². The molecule has 0 unspecified atom stereocenters. The summed E-state index contributed by atoms with van der Waals surface area (Å²) in [4.78, 5) is 11.1. The SMILES string of the molecule is NC(=O)c1cc(NCc2cccc(F)c2F)ccc1Cl. The Morgan fingerprint density at radius 1 is 1.25 bits per heavy atom. The minimum atomic E-state index is -0.904. The van der Waals surface area contributed by atoms with E-state index in [1.807, 2.05) is 0 Å². The highest BCUT2D eigenvalue weighted by molar-refractivity contribution is 6.33. The summed E-state index contributed by atoms with van der Waals surface area (Å²) >= 11 is 5.82. The van der Waals surface area contributed by atoms with E-state index < -0.39 is 17.5 Å². The van der Waals surface area contributed by atoms with E-state index in [1.165, 1.54) is 24.3 Å². The van der Waals surface area contributed by atoms with Crippen LogP contribution in [-0.2, 0) is 6.54 Å². The van der Waals surface area contributed by atoms with Crippen molar-refractivity contribution in [2.45, 2.75) is 6.54 Å². The Bertz CT molecular complexity index is 662. The van der Waals surface area contributed by atoms with Crippen molar-refractivity contribution >= 4 is 23.2 Å². The van der Waals surface area contributed by atoms with Crippen LogP contribution in [0.5, 0.6) is 0 Å². The van der Waals surface area contributed by atoms with Gasteiger partial charge in [-0.2, -0.15) is 0 Å². The highest BCUT2D eigenvalue weighted by Crippen LogP contribution is 2.21. The fourth-order valence-electron chi connectivity index (χ4n) is 1.71. The molecule has 6 heteroatoms. The van der Waals surface area contributed by atoms with E-state index >= 15 is 0 Å². The Labute approximate surface area is 119 Å². The Kier molecular flexibility index (Phi) is 4.20. The first-order valence-corrected chi connectivity index (χ1v) is 6.13. The second kappa shape index (κ2) is 5.88. The van der Waals surface area contributed by atoms with Crippen LogP contribution in [0.3, 0.4) is 0 Å². The number of nitrogens with one attached hydrogen (secondary N) is 1. The van der Waals surface area contributed by atoms with Crippen molar-refractivity contribution in [1.82, 2.24) is 0 Å². The highest BCUT2D eigenvalue weighted by atomic mass is 35.5. The zero-order valence-electron chi connectivity index (χ0n) is 10.3. The number of carbonyl (C=O) groups excluding carboxylic acids is 1. The van der Waals surface area contributed by atoms with Crippen molar-refractivity contribution in [2.75, 3.05) is 5.32 Å². The molecule has 0 saturated heterocycles. The standard InChI is InChI=1S/C14H11ClF2N2O/c15-11-5-4-9(6-10(11)14(18)20)19-7-8-2-1-3-12(16)13(8)17/h1-6,19H,7H2,(H2,18,20). The molecule has 0 saturated carbocycles. The molecule has 2 aromatic rings. The van der Waals surface area contributed by atoms with E-state index in [0.717, 1.165) is 6.07 Å². The first-order valence-electron chi connectivity index (χ1n) is 5.75. The summed E-state index contributed by atoms with van der Waals surface area (Å²) in [7, 11) is 0. The molecule has 0 aliphatic rings. The molecule has 104 valence electrons. The molecule has 3 N–H and O–H groups in total. The Balaban J connectivity index is 2.17. The second-order valence-corrected chi connectivity index (χ2v) is 4.53. The summed E-state index contributed by atoms with van der Waals surface area (Å²) in [6.07, 6.45) is 0. The van der Waals surface area contributed by atoms with Gasteiger partial charge >= 0.3 is 0 Å². The van der Waals surface area contributed by atoms with E-state index in [2.05, 4.69) is 5.32 Å². The van der Waals surface area contributed by atoms with Crippen LogP contribution >= 0.6 is 11.6 Å². The van der Waals surface area contributed by atoms with Crippen LogP contribution in [0.15, 0.2) is 36.4 Å². The third kappa shape index (κ3) is 3.05. The van der Waals surface area contributed by atoms with Gasteiger partial charge in [0.2, 0.25) is 5.91 Å². The number of amides is 1. The summed E-state index contributed by atoms with van der Waals surface area (Å²) < 4.78 is 26.5. The Hall–Kier alpha value is -2.14. The molecule has 0 atom stereocenters. The number of benzene rings is 2. The summed E-state index contributed by atoms with van der Waals surface area (Å²) in [5.74, 6) is -2.46. The largest absolute Gasteiger partial charge is 0.381 e. The molecule has 3 nitrogen and oxygen atoms in total. The van der Waals surface area contributed by atoms with Crippen molar-refractivity contribution in [3.8, 4) is 0 Å². The quantitative estimate of drug-likeness (QED) is 0.909. The van der Waals surface area contributed by atoms with E-state index in [9.17, 15) is 13.6 Å². The van der Waals surface area contributed by atoms with Gasteiger partial charge in [-0.25, -0.2) is 8.78 Å². The van der Waals surface area contributed by atoms with Gasteiger partial charge in [0.05, 0.1) is 10.6 Å². The topological polar surface area (TPSA) is 55.1 Å². The van der Waals surface area contributed by atoms with Gasteiger partial charge in [-0.05, 0) is 24.3 Å². The van der Waals surface area contributed by atoms with Crippen LogP contribution < -0.4 is 11.1 Å². The first-order chi connectivity index (χ1) is 9.49. The molecular formula is C14H11ClF2N2O. The molecular weight excluding hydrogens is 286 g/mol. The molecule has 1 amide bonds. The zero-order valence-corrected chi connectivity index (χ0v) is 11.0. The van der Waals surface area contributed by atoms with Crippen LogP contribution in [0, 0.1) is 11.6 Å². The van der Waals surface area contributed by atoms with Gasteiger partial charge in [-0.3, -0.25) is 4.79 Å². The van der Waals surface area contributed by atoms with E-state index in [4.69, 9.17) is 17.3 Å². The third-order valence-corrected chi connectivity index (χ3v) is 3.08. The van der Waals surface area contributed by atoms with Crippen LogP contribution in [0.4, 0.5) is 14.5 Å². The number of primary amides is 1. The van der Waals surface area contributed by atoms with Crippen molar-refractivity contribution in [2.24, 2.45) is 5.73 Å². The number of rotatable bonds is 4. The Morgan fingerprint density at radius 2 is 2.00 bits per heavy atom. The number of hydrogen-bond donors (Lipinski definition) is 2. The number of nitrogens with two attached hydrogens (primary N) is 1. The van der Waals surface area contributed by atoms with Gasteiger partial charge in [0.25, 0.3) is 0 Å². The maximum absolute atomic E-state index is 13.5. The number of halogens is 3. The van der Waals surface area contributed by atoms with Gasteiger partial charge in [-0.15, -0.1) is 0 Å². The van der Waals surface area contributed by atoms with E-state index in [-0.39, 0.29) is 22.7 Å². The minimum Gasteiger partial charge on any atom is -0.381 e. The third-order valence-electron chi connectivity index (χ3n) is 2.75. The predicted octanol–water partition coefficient (Wildman–Crippen LogP) is 3.33. The van der Waals surface area contributed by atoms with Crippen molar-refractivity contribution in [3.05, 3.63) is 64.2 Å². The van der Waals surface area contributed by atoms with Crippen molar-refractivity contribution in [3.63, 3.8) is 0 Å². The molecule has 0 aromatic heterocycles. The van der Waals surface area contributed by atoms with Crippen LogP contribution in [0.2, 0.25) is 5.02 Å². The molecule has 2 aromatic carbocycles. The smallest absolute Gasteiger partial charge is 0.250 e. The number of carbonyl (C=O) groups is 1. The lowest BCUT2D eigenvalue weighted by molar-refractivity contribution is 0.100. The van der Waals surface area contributed by atoms with Crippen molar-refractivity contribution in [1.29, 1.82) is 0 Å². The number of hydrogen-bond acceptors (Lipinski definition) is 2. The zero-order chi connectivity index (χ0) is 14.7. The maximum Gasteiger partial charge on any atom is 0.250 e. The summed E-state index contributed by atoms with van der Waals surface area (Å²) in [6, 6.07) is 8.52. The monoisotopic (exact) mass is 296 g/mol. The fraction of sp³-hybridized carbons (Fsp3) is 0.0714. The lowest BCUT2D eigenvalue weighted by Gasteiger charge is -2.09. The second-order valence-electron chi connectivity index (χ2n) is 4.13. The van der Waals surface area contributed by atoms with Gasteiger partial charge < -0.3 is 11.1 Å². The van der Waals surface area contributed by atoms with Gasteiger partial charge in [0.1, 0.15) is 0 Å². The summed E-state index contributed by atoms with van der Waals surface area (Å²) in [5, 5.41) is 3.11. The Morgan fingerprint density at radius 3 is 2.70 bits per heavy atom. The molecule has 0 bridgehead atoms.